The predicted molar refractivity (Wildman–Crippen MR) is 53.3 cm³/mol. The standard InChI is InChI=1S/C9H19NS/c1-8(2)10(3)6-9(7-11)4-5-9/h8,11H,4-7H2,1-3H3. The summed E-state index contributed by atoms with van der Waals surface area (Å²) in [5.74, 6) is 1.06. The maximum Gasteiger partial charge on any atom is 0.00455 e. The van der Waals surface area contributed by atoms with Crippen LogP contribution in [0.15, 0.2) is 0 Å². The second-order valence-electron chi connectivity index (χ2n) is 4.17. The van der Waals surface area contributed by atoms with Crippen LogP contribution in [0.4, 0.5) is 0 Å². The van der Waals surface area contributed by atoms with Gasteiger partial charge in [0.2, 0.25) is 0 Å². The first-order valence-electron chi connectivity index (χ1n) is 4.41. The molecular weight excluding hydrogens is 154 g/mol. The topological polar surface area (TPSA) is 3.24 Å². The summed E-state index contributed by atoms with van der Waals surface area (Å²) < 4.78 is 0. The molecule has 0 amide bonds. The molecule has 66 valence electrons. The van der Waals surface area contributed by atoms with Gasteiger partial charge in [0, 0.05) is 12.6 Å². The van der Waals surface area contributed by atoms with Crippen molar-refractivity contribution in [1.29, 1.82) is 0 Å². The van der Waals surface area contributed by atoms with Crippen LogP contribution in [-0.4, -0.2) is 30.3 Å². The summed E-state index contributed by atoms with van der Waals surface area (Å²) in [4.78, 5) is 2.42. The third kappa shape index (κ3) is 2.38. The Morgan fingerprint density at radius 2 is 2.00 bits per heavy atom. The third-order valence-electron chi connectivity index (χ3n) is 2.76. The SMILES string of the molecule is CC(C)N(C)CC1(CS)CC1. The molecule has 0 bridgehead atoms. The average Bonchev–Trinajstić information content (AvgIpc) is 2.69. The minimum absolute atomic E-state index is 0.585. The van der Waals surface area contributed by atoms with Crippen molar-refractivity contribution in [3.8, 4) is 0 Å². The van der Waals surface area contributed by atoms with E-state index in [1.165, 1.54) is 19.4 Å². The zero-order valence-electron chi connectivity index (χ0n) is 7.80. The lowest BCUT2D eigenvalue weighted by Crippen LogP contribution is -2.33. The Labute approximate surface area is 75.6 Å². The smallest absolute Gasteiger partial charge is 0.00455 e. The molecule has 0 atom stereocenters. The first kappa shape index (κ1) is 9.40. The molecule has 0 saturated heterocycles. The predicted octanol–water partition coefficient (Wildman–Crippen LogP) is 2.04. The van der Waals surface area contributed by atoms with E-state index in [0.717, 1.165) is 5.75 Å². The van der Waals surface area contributed by atoms with Gasteiger partial charge in [-0.3, -0.25) is 0 Å². The first-order chi connectivity index (χ1) is 5.09. The van der Waals surface area contributed by atoms with E-state index in [2.05, 4.69) is 38.4 Å². The van der Waals surface area contributed by atoms with E-state index in [1.54, 1.807) is 0 Å². The molecule has 0 heterocycles. The lowest BCUT2D eigenvalue weighted by atomic mass is 10.1. The van der Waals surface area contributed by atoms with Gasteiger partial charge >= 0.3 is 0 Å². The van der Waals surface area contributed by atoms with E-state index in [-0.39, 0.29) is 0 Å². The molecule has 1 rings (SSSR count). The van der Waals surface area contributed by atoms with Crippen molar-refractivity contribution < 1.29 is 0 Å². The summed E-state index contributed by atoms with van der Waals surface area (Å²) in [5.41, 5.74) is 0.585. The second-order valence-corrected chi connectivity index (χ2v) is 4.48. The third-order valence-corrected chi connectivity index (χ3v) is 3.43. The van der Waals surface area contributed by atoms with E-state index in [1.807, 2.05) is 0 Å². The fourth-order valence-electron chi connectivity index (χ4n) is 1.25. The summed E-state index contributed by atoms with van der Waals surface area (Å²) in [7, 11) is 2.20. The number of rotatable bonds is 4. The zero-order valence-corrected chi connectivity index (χ0v) is 8.69. The quantitative estimate of drug-likeness (QED) is 0.637. The van der Waals surface area contributed by atoms with Gasteiger partial charge in [0.05, 0.1) is 0 Å². The molecule has 0 N–H and O–H groups in total. The zero-order chi connectivity index (χ0) is 8.48. The van der Waals surface area contributed by atoms with Crippen molar-refractivity contribution in [3.63, 3.8) is 0 Å². The van der Waals surface area contributed by atoms with Crippen molar-refractivity contribution >= 4 is 12.6 Å². The van der Waals surface area contributed by atoms with Gasteiger partial charge in [0.1, 0.15) is 0 Å². The van der Waals surface area contributed by atoms with Crippen LogP contribution in [0.2, 0.25) is 0 Å². The van der Waals surface area contributed by atoms with Gasteiger partial charge in [0.15, 0.2) is 0 Å². The number of hydrogen-bond acceptors (Lipinski definition) is 2. The van der Waals surface area contributed by atoms with Crippen LogP contribution < -0.4 is 0 Å². The molecule has 1 fully saturated rings. The fourth-order valence-corrected chi connectivity index (χ4v) is 1.67. The molecule has 0 unspecified atom stereocenters. The Morgan fingerprint density at radius 3 is 2.27 bits per heavy atom. The van der Waals surface area contributed by atoms with E-state index in [4.69, 9.17) is 0 Å². The lowest BCUT2D eigenvalue weighted by molar-refractivity contribution is 0.230. The average molecular weight is 173 g/mol. The summed E-state index contributed by atoms with van der Waals surface area (Å²) in [6.45, 7) is 5.72. The maximum absolute atomic E-state index is 4.38. The molecule has 0 aliphatic heterocycles. The largest absolute Gasteiger partial charge is 0.303 e. The Kier molecular flexibility index (Phi) is 2.87. The Bertz CT molecular complexity index is 130. The van der Waals surface area contributed by atoms with Gasteiger partial charge < -0.3 is 4.90 Å². The number of thiol groups is 1. The van der Waals surface area contributed by atoms with Crippen LogP contribution >= 0.6 is 12.6 Å². The maximum atomic E-state index is 4.38. The monoisotopic (exact) mass is 173 g/mol. The van der Waals surface area contributed by atoms with Crippen molar-refractivity contribution in [3.05, 3.63) is 0 Å². The highest BCUT2D eigenvalue weighted by atomic mass is 32.1. The van der Waals surface area contributed by atoms with Gasteiger partial charge in [0.25, 0.3) is 0 Å². The second kappa shape index (κ2) is 3.36. The minimum Gasteiger partial charge on any atom is -0.303 e. The van der Waals surface area contributed by atoms with Crippen LogP contribution in [0, 0.1) is 5.41 Å². The highest BCUT2D eigenvalue weighted by molar-refractivity contribution is 7.80. The fraction of sp³-hybridized carbons (Fsp3) is 1.00. The molecule has 1 aliphatic rings. The van der Waals surface area contributed by atoms with Crippen molar-refractivity contribution in [2.75, 3.05) is 19.3 Å². The number of nitrogens with zero attached hydrogens (tertiary/aromatic N) is 1. The molecule has 0 radical (unpaired) electrons. The Hall–Kier alpha value is 0.310. The highest BCUT2D eigenvalue weighted by Gasteiger charge is 2.42. The minimum atomic E-state index is 0.585. The summed E-state index contributed by atoms with van der Waals surface area (Å²) in [5, 5.41) is 0. The van der Waals surface area contributed by atoms with Gasteiger partial charge in [-0.05, 0) is 44.9 Å². The molecule has 0 spiro atoms. The highest BCUT2D eigenvalue weighted by Crippen LogP contribution is 2.47. The van der Waals surface area contributed by atoms with E-state index < -0.39 is 0 Å². The lowest BCUT2D eigenvalue weighted by Gasteiger charge is -2.25. The van der Waals surface area contributed by atoms with Crippen LogP contribution in [0.25, 0.3) is 0 Å². The van der Waals surface area contributed by atoms with E-state index in [9.17, 15) is 0 Å². The van der Waals surface area contributed by atoms with Crippen LogP contribution in [0.5, 0.6) is 0 Å². The first-order valence-corrected chi connectivity index (χ1v) is 5.04. The van der Waals surface area contributed by atoms with Crippen molar-refractivity contribution in [2.24, 2.45) is 5.41 Å². The number of hydrogen-bond donors (Lipinski definition) is 1. The molecule has 2 heteroatoms. The van der Waals surface area contributed by atoms with E-state index >= 15 is 0 Å². The van der Waals surface area contributed by atoms with Gasteiger partial charge in [-0.1, -0.05) is 0 Å². The molecule has 0 aromatic rings. The van der Waals surface area contributed by atoms with Crippen molar-refractivity contribution in [2.45, 2.75) is 32.7 Å². The van der Waals surface area contributed by atoms with E-state index in [0.29, 0.717) is 11.5 Å². The van der Waals surface area contributed by atoms with Crippen LogP contribution in [-0.2, 0) is 0 Å². The normalized spacial score (nSPS) is 21.3. The van der Waals surface area contributed by atoms with Crippen LogP contribution in [0.1, 0.15) is 26.7 Å². The Balaban J connectivity index is 2.30. The van der Waals surface area contributed by atoms with Gasteiger partial charge in [-0.25, -0.2) is 0 Å². The summed E-state index contributed by atoms with van der Waals surface area (Å²) in [6.07, 6.45) is 2.76. The molecule has 0 aromatic carbocycles. The molecular formula is C9H19NS. The summed E-state index contributed by atoms with van der Waals surface area (Å²) in [6, 6.07) is 0.673. The Morgan fingerprint density at radius 1 is 1.45 bits per heavy atom. The molecule has 1 nitrogen and oxygen atoms in total. The molecule has 11 heavy (non-hydrogen) atoms. The van der Waals surface area contributed by atoms with Gasteiger partial charge in [-0.2, -0.15) is 12.6 Å². The summed E-state index contributed by atoms with van der Waals surface area (Å²) >= 11 is 4.38. The van der Waals surface area contributed by atoms with Crippen LogP contribution in [0.3, 0.4) is 0 Å². The van der Waals surface area contributed by atoms with Crippen molar-refractivity contribution in [1.82, 2.24) is 4.90 Å². The molecule has 1 saturated carbocycles. The molecule has 1 aliphatic carbocycles. The molecule has 0 aromatic heterocycles. The van der Waals surface area contributed by atoms with Gasteiger partial charge in [-0.15, -0.1) is 0 Å².